The molecule has 0 saturated carbocycles. The van der Waals surface area contributed by atoms with Gasteiger partial charge >= 0.3 is 0 Å². The van der Waals surface area contributed by atoms with E-state index in [1.165, 1.54) is 50.0 Å². The maximum atomic E-state index is 6.15. The first-order valence-corrected chi connectivity index (χ1v) is 7.61. The third-order valence-electron chi connectivity index (χ3n) is 4.39. The van der Waals surface area contributed by atoms with E-state index in [0.29, 0.717) is 6.04 Å². The fraction of sp³-hybridized carbons (Fsp3) is 1.00. The highest BCUT2D eigenvalue weighted by Crippen LogP contribution is 2.38. The van der Waals surface area contributed by atoms with E-state index in [9.17, 15) is 0 Å². The average Bonchev–Trinajstić information content (AvgIpc) is 2.68. The van der Waals surface area contributed by atoms with Crippen molar-refractivity contribution < 1.29 is 0 Å². The van der Waals surface area contributed by atoms with Gasteiger partial charge in [-0.2, -0.15) is 11.8 Å². The van der Waals surface area contributed by atoms with Crippen molar-refractivity contribution in [3.63, 3.8) is 0 Å². The van der Waals surface area contributed by atoms with Gasteiger partial charge in [-0.25, -0.2) is 0 Å². The van der Waals surface area contributed by atoms with Crippen LogP contribution in [0.4, 0.5) is 0 Å². The summed E-state index contributed by atoms with van der Waals surface area (Å²) in [6, 6.07) is 3.04. The molecule has 0 aromatic rings. The zero-order valence-electron chi connectivity index (χ0n) is 9.40. The highest BCUT2D eigenvalue weighted by molar-refractivity contribution is 7.99. The van der Waals surface area contributed by atoms with Gasteiger partial charge in [-0.05, 0) is 37.9 Å². The zero-order chi connectivity index (χ0) is 10.3. The van der Waals surface area contributed by atoms with E-state index in [-0.39, 0.29) is 0 Å². The van der Waals surface area contributed by atoms with Crippen molar-refractivity contribution in [2.45, 2.75) is 62.7 Å². The number of nitrogens with zero attached hydrogens (tertiary/aromatic N) is 1. The maximum Gasteiger partial charge on any atom is 0.0200 e. The van der Waals surface area contributed by atoms with E-state index in [4.69, 9.17) is 5.73 Å². The van der Waals surface area contributed by atoms with E-state index in [0.717, 1.165) is 18.1 Å². The van der Waals surface area contributed by atoms with E-state index in [1.54, 1.807) is 0 Å². The molecule has 0 aliphatic carbocycles. The second kappa shape index (κ2) is 4.27. The smallest absolute Gasteiger partial charge is 0.0200 e. The molecule has 3 rings (SSSR count). The van der Waals surface area contributed by atoms with Crippen LogP contribution in [0.3, 0.4) is 0 Å². The van der Waals surface area contributed by atoms with Crippen LogP contribution in [0.15, 0.2) is 0 Å². The molecule has 3 fully saturated rings. The molecule has 2 N–H and O–H groups in total. The first-order valence-electron chi connectivity index (χ1n) is 6.45. The first kappa shape index (κ1) is 10.4. The summed E-state index contributed by atoms with van der Waals surface area (Å²) >= 11 is 2.14. The molecule has 0 amide bonds. The van der Waals surface area contributed by atoms with Gasteiger partial charge in [-0.3, -0.25) is 4.90 Å². The molecule has 3 heterocycles. The van der Waals surface area contributed by atoms with Crippen molar-refractivity contribution in [1.82, 2.24) is 4.90 Å². The molecule has 15 heavy (non-hydrogen) atoms. The van der Waals surface area contributed by atoms with Crippen LogP contribution >= 0.6 is 11.8 Å². The summed E-state index contributed by atoms with van der Waals surface area (Å²) in [5.74, 6) is 2.76. The van der Waals surface area contributed by atoms with E-state index >= 15 is 0 Å². The second-order valence-corrected chi connectivity index (χ2v) is 6.58. The Kier molecular flexibility index (Phi) is 2.97. The summed E-state index contributed by atoms with van der Waals surface area (Å²) in [6.45, 7) is 0. The van der Waals surface area contributed by atoms with Crippen LogP contribution in [0.2, 0.25) is 0 Å². The Bertz CT molecular complexity index is 214. The lowest BCUT2D eigenvalue weighted by Gasteiger charge is -2.51. The molecule has 3 aliphatic heterocycles. The predicted molar refractivity (Wildman–Crippen MR) is 66.2 cm³/mol. The van der Waals surface area contributed by atoms with Crippen molar-refractivity contribution in [3.8, 4) is 0 Å². The standard InChI is InChI=1S/C12H22N2S/c13-9-6-10-2-1-3-11(7-9)14(10)12-4-5-15-8-12/h9-12H,1-8,13H2. The van der Waals surface area contributed by atoms with Gasteiger partial charge in [-0.1, -0.05) is 6.42 Å². The molecule has 3 heteroatoms. The van der Waals surface area contributed by atoms with Crippen LogP contribution in [0.1, 0.15) is 38.5 Å². The summed E-state index contributed by atoms with van der Waals surface area (Å²) in [4.78, 5) is 2.87. The number of thioether (sulfide) groups is 1. The minimum Gasteiger partial charge on any atom is -0.328 e. The average molecular weight is 226 g/mol. The highest BCUT2D eigenvalue weighted by Gasteiger charge is 2.41. The Morgan fingerprint density at radius 3 is 2.33 bits per heavy atom. The molecular formula is C12H22N2S. The van der Waals surface area contributed by atoms with Crippen molar-refractivity contribution in [1.29, 1.82) is 0 Å². The van der Waals surface area contributed by atoms with Crippen LogP contribution in [0.25, 0.3) is 0 Å². The Morgan fingerprint density at radius 1 is 1.00 bits per heavy atom. The van der Waals surface area contributed by atoms with E-state index in [1.807, 2.05) is 0 Å². The summed E-state index contributed by atoms with van der Waals surface area (Å²) in [5, 5.41) is 0. The van der Waals surface area contributed by atoms with E-state index < -0.39 is 0 Å². The topological polar surface area (TPSA) is 29.3 Å². The van der Waals surface area contributed by atoms with Gasteiger partial charge in [0.1, 0.15) is 0 Å². The van der Waals surface area contributed by atoms with Crippen LogP contribution in [-0.2, 0) is 0 Å². The Hall–Kier alpha value is 0.270. The molecule has 0 spiro atoms. The summed E-state index contributed by atoms with van der Waals surface area (Å²) in [7, 11) is 0. The molecule has 0 aromatic carbocycles. The van der Waals surface area contributed by atoms with Gasteiger partial charge < -0.3 is 5.73 Å². The quantitative estimate of drug-likeness (QED) is 0.740. The van der Waals surface area contributed by atoms with Crippen molar-refractivity contribution >= 4 is 11.8 Å². The zero-order valence-corrected chi connectivity index (χ0v) is 10.2. The lowest BCUT2D eigenvalue weighted by atomic mass is 9.81. The monoisotopic (exact) mass is 226 g/mol. The van der Waals surface area contributed by atoms with Crippen LogP contribution < -0.4 is 5.73 Å². The van der Waals surface area contributed by atoms with Gasteiger partial charge in [0.15, 0.2) is 0 Å². The highest BCUT2D eigenvalue weighted by atomic mass is 32.2. The number of rotatable bonds is 1. The van der Waals surface area contributed by atoms with Gasteiger partial charge in [0.05, 0.1) is 0 Å². The molecule has 3 aliphatic rings. The number of hydrogen-bond acceptors (Lipinski definition) is 3. The molecule has 0 radical (unpaired) electrons. The minimum absolute atomic E-state index is 0.491. The molecule has 3 saturated heterocycles. The fourth-order valence-corrected chi connectivity index (χ4v) is 5.03. The Morgan fingerprint density at radius 2 is 1.73 bits per heavy atom. The molecule has 0 aromatic heterocycles. The Labute approximate surface area is 97.0 Å². The number of piperidine rings is 2. The number of fused-ring (bicyclic) bond motifs is 2. The van der Waals surface area contributed by atoms with Gasteiger partial charge in [0, 0.05) is 29.9 Å². The fourth-order valence-electron chi connectivity index (χ4n) is 3.81. The minimum atomic E-state index is 0.491. The predicted octanol–water partition coefficient (Wildman–Crippen LogP) is 1.84. The van der Waals surface area contributed by atoms with Crippen molar-refractivity contribution in [3.05, 3.63) is 0 Å². The molecular weight excluding hydrogens is 204 g/mol. The number of nitrogens with two attached hydrogens (primary N) is 1. The van der Waals surface area contributed by atoms with Crippen molar-refractivity contribution in [2.75, 3.05) is 11.5 Å². The van der Waals surface area contributed by atoms with Crippen LogP contribution in [0, 0.1) is 0 Å². The molecule has 86 valence electrons. The maximum absolute atomic E-state index is 6.15. The lowest BCUT2D eigenvalue weighted by molar-refractivity contribution is 0.00290. The molecule has 3 unspecified atom stereocenters. The van der Waals surface area contributed by atoms with Gasteiger partial charge in [0.25, 0.3) is 0 Å². The van der Waals surface area contributed by atoms with Crippen molar-refractivity contribution in [2.24, 2.45) is 5.73 Å². The Balaban J connectivity index is 1.75. The second-order valence-electron chi connectivity index (χ2n) is 5.43. The van der Waals surface area contributed by atoms with Gasteiger partial charge in [-0.15, -0.1) is 0 Å². The first-order chi connectivity index (χ1) is 7.34. The third-order valence-corrected chi connectivity index (χ3v) is 5.54. The molecule has 3 atom stereocenters. The van der Waals surface area contributed by atoms with Gasteiger partial charge in [0.2, 0.25) is 0 Å². The number of hydrogen-bond donors (Lipinski definition) is 1. The molecule has 2 bridgehead atoms. The van der Waals surface area contributed by atoms with Crippen LogP contribution in [-0.4, -0.2) is 40.6 Å². The summed E-state index contributed by atoms with van der Waals surface area (Å²) in [5.41, 5.74) is 6.15. The normalized spacial score (nSPS) is 47.0. The summed E-state index contributed by atoms with van der Waals surface area (Å²) < 4.78 is 0. The molecule has 2 nitrogen and oxygen atoms in total. The lowest BCUT2D eigenvalue weighted by Crippen LogP contribution is -2.58. The SMILES string of the molecule is NC1CC2CCCC(C1)N2C1CCSC1. The summed E-state index contributed by atoms with van der Waals surface area (Å²) in [6.07, 6.45) is 8.21. The van der Waals surface area contributed by atoms with E-state index in [2.05, 4.69) is 16.7 Å². The van der Waals surface area contributed by atoms with Crippen LogP contribution in [0.5, 0.6) is 0 Å². The third kappa shape index (κ3) is 1.94. The largest absolute Gasteiger partial charge is 0.328 e.